The fourth-order valence-corrected chi connectivity index (χ4v) is 3.47. The molecule has 1 heterocycles. The molecule has 1 amide bonds. The van der Waals surface area contributed by atoms with E-state index in [0.29, 0.717) is 6.42 Å². The molecule has 0 atom stereocenters. The lowest BCUT2D eigenvalue weighted by atomic mass is 9.76. The van der Waals surface area contributed by atoms with Crippen LogP contribution in [0.25, 0.3) is 0 Å². The minimum Gasteiger partial charge on any atom is -0.326 e. The maximum Gasteiger partial charge on any atom is 0.228 e. The Morgan fingerprint density at radius 2 is 2.05 bits per heavy atom. The van der Waals surface area contributed by atoms with Gasteiger partial charge in [0.1, 0.15) is 0 Å². The molecule has 100 valence electrons. The van der Waals surface area contributed by atoms with Crippen molar-refractivity contribution in [3.05, 3.63) is 29.3 Å². The third-order valence-corrected chi connectivity index (χ3v) is 4.71. The molecule has 1 saturated carbocycles. The molecule has 0 unspecified atom stereocenters. The Balaban J connectivity index is 1.92. The maximum atomic E-state index is 12.8. The second kappa shape index (κ2) is 4.48. The molecular formula is C16H19NO2. The molecule has 0 saturated heterocycles. The monoisotopic (exact) mass is 257 g/mol. The van der Waals surface area contributed by atoms with Crippen molar-refractivity contribution in [3.8, 4) is 0 Å². The normalized spacial score (nSPS) is 20.2. The van der Waals surface area contributed by atoms with Gasteiger partial charge in [-0.05, 0) is 43.0 Å². The smallest absolute Gasteiger partial charge is 0.228 e. The summed E-state index contributed by atoms with van der Waals surface area (Å²) in [5.41, 5.74) is 2.45. The first-order valence-electron chi connectivity index (χ1n) is 7.12. The molecule has 1 aliphatic heterocycles. The Hall–Kier alpha value is -1.64. The number of ketones is 1. The van der Waals surface area contributed by atoms with Gasteiger partial charge in [-0.25, -0.2) is 0 Å². The van der Waals surface area contributed by atoms with Crippen LogP contribution in [0, 0.1) is 5.41 Å². The Kier molecular flexibility index (Phi) is 2.92. The van der Waals surface area contributed by atoms with Gasteiger partial charge in [0.05, 0.1) is 6.42 Å². The van der Waals surface area contributed by atoms with Gasteiger partial charge in [-0.1, -0.05) is 19.8 Å². The second-order valence-electron chi connectivity index (χ2n) is 5.77. The summed E-state index contributed by atoms with van der Waals surface area (Å²) >= 11 is 0. The van der Waals surface area contributed by atoms with Gasteiger partial charge < -0.3 is 5.32 Å². The summed E-state index contributed by atoms with van der Waals surface area (Å²) < 4.78 is 0. The van der Waals surface area contributed by atoms with Crippen molar-refractivity contribution >= 4 is 17.4 Å². The highest BCUT2D eigenvalue weighted by Crippen LogP contribution is 2.43. The molecule has 3 rings (SSSR count). The molecule has 2 aliphatic rings. The minimum atomic E-state index is -0.149. The fourth-order valence-electron chi connectivity index (χ4n) is 3.47. The van der Waals surface area contributed by atoms with Gasteiger partial charge in [-0.15, -0.1) is 0 Å². The largest absolute Gasteiger partial charge is 0.326 e. The van der Waals surface area contributed by atoms with Crippen LogP contribution in [0.4, 0.5) is 5.69 Å². The molecule has 3 nitrogen and oxygen atoms in total. The lowest BCUT2D eigenvalue weighted by molar-refractivity contribution is -0.115. The number of benzene rings is 1. The predicted octanol–water partition coefficient (Wildman–Crippen LogP) is 3.33. The Morgan fingerprint density at radius 1 is 1.32 bits per heavy atom. The van der Waals surface area contributed by atoms with Crippen molar-refractivity contribution in [1.82, 2.24) is 0 Å². The summed E-state index contributed by atoms with van der Waals surface area (Å²) in [6.45, 7) is 2.11. The molecule has 0 radical (unpaired) electrons. The van der Waals surface area contributed by atoms with Crippen LogP contribution in [0.2, 0.25) is 0 Å². The van der Waals surface area contributed by atoms with Crippen LogP contribution < -0.4 is 5.32 Å². The number of rotatable bonds is 3. The van der Waals surface area contributed by atoms with Crippen LogP contribution in [-0.2, 0) is 11.2 Å². The first-order valence-corrected chi connectivity index (χ1v) is 7.12. The quantitative estimate of drug-likeness (QED) is 0.844. The maximum absolute atomic E-state index is 12.8. The molecule has 19 heavy (non-hydrogen) atoms. The number of carbonyl (C=O) groups excluding carboxylic acids is 2. The molecule has 1 aliphatic carbocycles. The van der Waals surface area contributed by atoms with Gasteiger partial charge in [0.25, 0.3) is 0 Å². The van der Waals surface area contributed by atoms with Crippen LogP contribution in [-0.4, -0.2) is 11.7 Å². The molecule has 1 N–H and O–H groups in total. The lowest BCUT2D eigenvalue weighted by Crippen LogP contribution is -2.27. The van der Waals surface area contributed by atoms with E-state index >= 15 is 0 Å². The Bertz CT molecular complexity index is 542. The number of nitrogens with one attached hydrogen (secondary N) is 1. The molecular weight excluding hydrogens is 238 g/mol. The lowest BCUT2D eigenvalue weighted by Gasteiger charge is -2.25. The van der Waals surface area contributed by atoms with Gasteiger partial charge in [0, 0.05) is 16.7 Å². The minimum absolute atomic E-state index is 0.0191. The van der Waals surface area contributed by atoms with Gasteiger partial charge >= 0.3 is 0 Å². The number of carbonyl (C=O) groups is 2. The first kappa shape index (κ1) is 12.4. The Morgan fingerprint density at radius 3 is 2.74 bits per heavy atom. The predicted molar refractivity (Wildman–Crippen MR) is 74.3 cm³/mol. The van der Waals surface area contributed by atoms with Gasteiger partial charge in [-0.2, -0.15) is 0 Å². The molecule has 1 fully saturated rings. The molecule has 1 aromatic rings. The van der Waals surface area contributed by atoms with Gasteiger partial charge in [0.15, 0.2) is 5.78 Å². The van der Waals surface area contributed by atoms with Crippen LogP contribution in [0.1, 0.15) is 54.9 Å². The van der Waals surface area contributed by atoms with Gasteiger partial charge in [-0.3, -0.25) is 9.59 Å². The average Bonchev–Trinajstić information content (AvgIpc) is 3.02. The number of hydrogen-bond donors (Lipinski definition) is 1. The van der Waals surface area contributed by atoms with Gasteiger partial charge in [0.2, 0.25) is 5.91 Å². The Labute approximate surface area is 113 Å². The SMILES string of the molecule is CCC1(C(=O)c2ccc3c(c2)CC(=O)N3)CCCC1. The average molecular weight is 257 g/mol. The van der Waals surface area contributed by atoms with Crippen LogP contribution in [0.15, 0.2) is 18.2 Å². The van der Waals surface area contributed by atoms with Crippen molar-refractivity contribution in [2.75, 3.05) is 5.32 Å². The molecule has 0 bridgehead atoms. The number of fused-ring (bicyclic) bond motifs is 1. The van der Waals surface area contributed by atoms with Crippen molar-refractivity contribution in [2.45, 2.75) is 45.4 Å². The molecule has 3 heteroatoms. The molecule has 1 aromatic carbocycles. The highest BCUT2D eigenvalue weighted by Gasteiger charge is 2.39. The van der Waals surface area contributed by atoms with Crippen LogP contribution in [0.5, 0.6) is 0 Å². The van der Waals surface area contributed by atoms with E-state index < -0.39 is 0 Å². The van der Waals surface area contributed by atoms with Crippen LogP contribution >= 0.6 is 0 Å². The fraction of sp³-hybridized carbons (Fsp3) is 0.500. The zero-order valence-corrected chi connectivity index (χ0v) is 11.3. The van der Waals surface area contributed by atoms with Crippen molar-refractivity contribution in [3.63, 3.8) is 0 Å². The van der Waals surface area contributed by atoms with Crippen molar-refractivity contribution < 1.29 is 9.59 Å². The summed E-state index contributed by atoms with van der Waals surface area (Å²) in [4.78, 5) is 24.1. The number of hydrogen-bond acceptors (Lipinski definition) is 2. The summed E-state index contributed by atoms with van der Waals surface area (Å²) in [5, 5.41) is 2.81. The van der Waals surface area contributed by atoms with E-state index in [9.17, 15) is 9.59 Å². The third-order valence-electron chi connectivity index (χ3n) is 4.71. The van der Waals surface area contributed by atoms with Crippen LogP contribution in [0.3, 0.4) is 0 Å². The third kappa shape index (κ3) is 1.97. The van der Waals surface area contributed by atoms with Crippen molar-refractivity contribution in [2.24, 2.45) is 5.41 Å². The summed E-state index contributed by atoms with van der Waals surface area (Å²) in [6.07, 6.45) is 5.65. The van der Waals surface area contributed by atoms with E-state index in [0.717, 1.165) is 48.9 Å². The summed E-state index contributed by atoms with van der Waals surface area (Å²) in [5.74, 6) is 0.292. The van der Waals surface area contributed by atoms with E-state index in [1.54, 1.807) is 0 Å². The zero-order chi connectivity index (χ0) is 13.5. The topological polar surface area (TPSA) is 46.2 Å². The van der Waals surface area contributed by atoms with E-state index in [1.807, 2.05) is 18.2 Å². The highest BCUT2D eigenvalue weighted by atomic mass is 16.2. The zero-order valence-electron chi connectivity index (χ0n) is 11.3. The molecule has 0 aromatic heterocycles. The standard InChI is InChI=1S/C16H19NO2/c1-2-16(7-3-4-8-16)15(19)11-5-6-13-12(9-11)10-14(18)17-13/h5-6,9H,2-4,7-8,10H2,1H3,(H,17,18). The summed E-state index contributed by atoms with van der Waals surface area (Å²) in [7, 11) is 0. The highest BCUT2D eigenvalue weighted by molar-refractivity contribution is 6.04. The van der Waals surface area contributed by atoms with E-state index in [4.69, 9.17) is 0 Å². The first-order chi connectivity index (χ1) is 9.14. The summed E-state index contributed by atoms with van der Waals surface area (Å²) in [6, 6.07) is 5.64. The number of Topliss-reactive ketones (excluding diaryl/α,β-unsaturated/α-hetero) is 1. The number of anilines is 1. The number of amides is 1. The second-order valence-corrected chi connectivity index (χ2v) is 5.77. The van der Waals surface area contributed by atoms with E-state index in [2.05, 4.69) is 12.2 Å². The van der Waals surface area contributed by atoms with E-state index in [1.165, 1.54) is 0 Å². The molecule has 0 spiro atoms. The van der Waals surface area contributed by atoms with E-state index in [-0.39, 0.29) is 17.1 Å². The van der Waals surface area contributed by atoms with Crippen molar-refractivity contribution in [1.29, 1.82) is 0 Å².